The van der Waals surface area contributed by atoms with Gasteiger partial charge in [0, 0.05) is 35.9 Å². The summed E-state index contributed by atoms with van der Waals surface area (Å²) in [6.45, 7) is 0.465. The lowest BCUT2D eigenvalue weighted by Crippen LogP contribution is -2.20. The molecule has 0 saturated carbocycles. The van der Waals surface area contributed by atoms with Crippen molar-refractivity contribution < 1.29 is 10.0 Å². The summed E-state index contributed by atoms with van der Waals surface area (Å²) in [6.07, 6.45) is 8.66. The predicted molar refractivity (Wildman–Crippen MR) is 125 cm³/mol. The molecule has 0 fully saturated rings. The Morgan fingerprint density at radius 1 is 0.909 bits per heavy atom. The highest BCUT2D eigenvalue weighted by Crippen LogP contribution is 2.29. The van der Waals surface area contributed by atoms with Crippen molar-refractivity contribution in [1.82, 2.24) is 25.4 Å². The van der Waals surface area contributed by atoms with Crippen molar-refractivity contribution in [2.75, 3.05) is 4.90 Å². The zero-order chi connectivity index (χ0) is 22.6. The molecule has 0 aliphatic rings. The van der Waals surface area contributed by atoms with E-state index >= 15 is 0 Å². The summed E-state index contributed by atoms with van der Waals surface area (Å²) >= 11 is 0. The minimum Gasteiger partial charge on any atom is -0.361 e. The van der Waals surface area contributed by atoms with Crippen LogP contribution in [0.5, 0.6) is 0 Å². The van der Waals surface area contributed by atoms with Gasteiger partial charge in [0.2, 0.25) is 0 Å². The highest BCUT2D eigenvalue weighted by Gasteiger charge is 2.15. The fourth-order valence-corrected chi connectivity index (χ4v) is 3.70. The molecular formula is C25H20N6O2. The number of rotatable bonds is 6. The van der Waals surface area contributed by atoms with Gasteiger partial charge in [-0.1, -0.05) is 18.2 Å². The quantitative estimate of drug-likeness (QED) is 0.268. The molecule has 8 heteroatoms. The molecule has 0 unspecified atom stereocenters. The van der Waals surface area contributed by atoms with E-state index in [4.69, 9.17) is 5.21 Å². The normalized spacial score (nSPS) is 10.8. The molecule has 8 nitrogen and oxygen atoms in total. The van der Waals surface area contributed by atoms with Crippen LogP contribution in [0.25, 0.3) is 22.0 Å². The molecule has 0 spiro atoms. The third-order valence-electron chi connectivity index (χ3n) is 5.39. The van der Waals surface area contributed by atoms with E-state index in [0.29, 0.717) is 17.9 Å². The van der Waals surface area contributed by atoms with E-state index in [2.05, 4.69) is 38.1 Å². The number of nitrogens with zero attached hydrogens (tertiary/aromatic N) is 4. The molecular weight excluding hydrogens is 416 g/mol. The van der Waals surface area contributed by atoms with Crippen molar-refractivity contribution in [3.63, 3.8) is 0 Å². The van der Waals surface area contributed by atoms with Crippen LogP contribution in [0.1, 0.15) is 15.9 Å². The van der Waals surface area contributed by atoms with Crippen LogP contribution in [0.3, 0.4) is 0 Å². The molecule has 3 aromatic heterocycles. The second kappa shape index (κ2) is 8.89. The molecule has 162 valence electrons. The van der Waals surface area contributed by atoms with Crippen LogP contribution in [-0.4, -0.2) is 31.1 Å². The molecule has 3 heterocycles. The average molecular weight is 436 g/mol. The van der Waals surface area contributed by atoms with Crippen molar-refractivity contribution in [2.24, 2.45) is 0 Å². The molecule has 2 aromatic carbocycles. The summed E-state index contributed by atoms with van der Waals surface area (Å²) in [7, 11) is 0. The Hall–Kier alpha value is -4.56. The molecule has 0 atom stereocenters. The van der Waals surface area contributed by atoms with E-state index in [1.54, 1.807) is 42.4 Å². The number of H-pyrrole nitrogens is 1. The molecule has 1 amide bonds. The van der Waals surface area contributed by atoms with E-state index in [-0.39, 0.29) is 0 Å². The number of anilines is 2. The summed E-state index contributed by atoms with van der Waals surface area (Å²) in [5.41, 5.74) is 6.17. The number of aromatic nitrogens is 4. The molecule has 5 rings (SSSR count). The Bertz CT molecular complexity index is 1400. The Balaban J connectivity index is 1.50. The lowest BCUT2D eigenvalue weighted by atomic mass is 10.0. The number of benzene rings is 2. The Labute approximate surface area is 189 Å². The number of amides is 1. The number of hydrogen-bond acceptors (Lipinski definition) is 6. The number of nitrogens with one attached hydrogen (secondary N) is 2. The first-order valence-electron chi connectivity index (χ1n) is 10.3. The van der Waals surface area contributed by atoms with Crippen molar-refractivity contribution in [3.8, 4) is 11.1 Å². The van der Waals surface area contributed by atoms with Gasteiger partial charge in [0.25, 0.3) is 5.91 Å². The van der Waals surface area contributed by atoms with Crippen molar-refractivity contribution in [1.29, 1.82) is 0 Å². The van der Waals surface area contributed by atoms with Gasteiger partial charge < -0.3 is 9.88 Å². The van der Waals surface area contributed by atoms with Gasteiger partial charge in [0.1, 0.15) is 5.82 Å². The van der Waals surface area contributed by atoms with Gasteiger partial charge in [0.15, 0.2) is 5.82 Å². The van der Waals surface area contributed by atoms with Gasteiger partial charge in [-0.15, -0.1) is 0 Å². The summed E-state index contributed by atoms with van der Waals surface area (Å²) in [6, 6.07) is 19.3. The van der Waals surface area contributed by atoms with E-state index in [9.17, 15) is 4.79 Å². The Kier molecular flexibility index (Phi) is 5.48. The fourth-order valence-electron chi connectivity index (χ4n) is 3.70. The Morgan fingerprint density at radius 3 is 2.52 bits per heavy atom. The molecule has 0 radical (unpaired) electrons. The van der Waals surface area contributed by atoms with Gasteiger partial charge >= 0.3 is 0 Å². The zero-order valence-corrected chi connectivity index (χ0v) is 17.5. The zero-order valence-electron chi connectivity index (χ0n) is 17.5. The molecule has 0 aliphatic heterocycles. The van der Waals surface area contributed by atoms with Gasteiger partial charge in [-0.05, 0) is 64.5 Å². The first kappa shape index (κ1) is 20.3. The maximum Gasteiger partial charge on any atom is 0.274 e. The topological polar surface area (TPSA) is 107 Å². The average Bonchev–Trinajstić information content (AvgIpc) is 3.36. The molecule has 33 heavy (non-hydrogen) atoms. The van der Waals surface area contributed by atoms with Gasteiger partial charge in [-0.2, -0.15) is 0 Å². The maximum absolute atomic E-state index is 11.6. The number of fused-ring (bicyclic) bond motifs is 1. The molecule has 3 N–H and O–H groups in total. The largest absolute Gasteiger partial charge is 0.361 e. The lowest BCUT2D eigenvalue weighted by Gasteiger charge is -2.23. The summed E-state index contributed by atoms with van der Waals surface area (Å²) in [4.78, 5) is 30.1. The second-order valence-corrected chi connectivity index (χ2v) is 7.47. The number of pyridine rings is 1. The third kappa shape index (κ3) is 4.28. The van der Waals surface area contributed by atoms with Gasteiger partial charge in [-0.3, -0.25) is 15.0 Å². The fraction of sp³-hybridized carbons (Fsp3) is 0.0400. The van der Waals surface area contributed by atoms with E-state index < -0.39 is 5.91 Å². The first-order valence-corrected chi connectivity index (χ1v) is 10.3. The molecule has 0 bridgehead atoms. The van der Waals surface area contributed by atoms with Crippen LogP contribution in [0.4, 0.5) is 11.6 Å². The number of hydroxylamine groups is 1. The number of hydrogen-bond donors (Lipinski definition) is 3. The highest BCUT2D eigenvalue weighted by molar-refractivity contribution is 5.93. The minimum atomic E-state index is -0.555. The predicted octanol–water partition coefficient (Wildman–Crippen LogP) is 4.48. The van der Waals surface area contributed by atoms with Gasteiger partial charge in [0.05, 0.1) is 12.7 Å². The van der Waals surface area contributed by atoms with Crippen molar-refractivity contribution in [2.45, 2.75) is 6.54 Å². The summed E-state index contributed by atoms with van der Waals surface area (Å²) < 4.78 is 0. The van der Waals surface area contributed by atoms with Crippen molar-refractivity contribution in [3.05, 3.63) is 103 Å². The minimum absolute atomic E-state index is 0.368. The standard InChI is InChI=1S/C25H20N6O2/c32-25(30-33)18-3-1-17(2-4-18)16-31(24-15-26-11-12-29-24)23-14-20(7-10-28-23)19-5-6-22-21(13-19)8-9-27-22/h1-15,27,33H,16H2,(H,30,32). The first-order chi connectivity index (χ1) is 16.2. The monoisotopic (exact) mass is 436 g/mol. The smallest absolute Gasteiger partial charge is 0.274 e. The SMILES string of the molecule is O=C(NO)c1ccc(CN(c2cnccn2)c2cc(-c3ccc4[nH]ccc4c3)ccn2)cc1. The second-order valence-electron chi connectivity index (χ2n) is 7.47. The van der Waals surface area contributed by atoms with Crippen molar-refractivity contribution >= 4 is 28.4 Å². The molecule has 5 aromatic rings. The number of aromatic amines is 1. The third-order valence-corrected chi connectivity index (χ3v) is 5.39. The summed E-state index contributed by atoms with van der Waals surface area (Å²) in [5.74, 6) is 0.820. The van der Waals surface area contributed by atoms with E-state index in [1.165, 1.54) is 0 Å². The van der Waals surface area contributed by atoms with Crippen LogP contribution in [0.2, 0.25) is 0 Å². The lowest BCUT2D eigenvalue weighted by molar-refractivity contribution is 0.0706. The van der Waals surface area contributed by atoms with Crippen LogP contribution < -0.4 is 10.4 Å². The van der Waals surface area contributed by atoms with Crippen LogP contribution in [-0.2, 0) is 6.54 Å². The van der Waals surface area contributed by atoms with Crippen LogP contribution in [0, 0.1) is 0 Å². The highest BCUT2D eigenvalue weighted by atomic mass is 16.5. The van der Waals surface area contributed by atoms with Crippen LogP contribution >= 0.6 is 0 Å². The molecule has 0 aliphatic carbocycles. The van der Waals surface area contributed by atoms with E-state index in [0.717, 1.165) is 33.4 Å². The number of carbonyl (C=O) groups is 1. The Morgan fingerprint density at radius 2 is 1.73 bits per heavy atom. The molecule has 0 saturated heterocycles. The van der Waals surface area contributed by atoms with E-state index in [1.807, 2.05) is 41.4 Å². The number of carbonyl (C=O) groups excluding carboxylic acids is 1. The van der Waals surface area contributed by atoms with Crippen LogP contribution in [0.15, 0.2) is 91.6 Å². The van der Waals surface area contributed by atoms with Gasteiger partial charge in [-0.25, -0.2) is 15.4 Å². The maximum atomic E-state index is 11.6. The summed E-state index contributed by atoms with van der Waals surface area (Å²) in [5, 5.41) is 9.98.